The van der Waals surface area contributed by atoms with E-state index in [2.05, 4.69) is 140 Å². The summed E-state index contributed by atoms with van der Waals surface area (Å²) in [5.41, 5.74) is 8.66. The molecule has 0 saturated carbocycles. The van der Waals surface area contributed by atoms with Gasteiger partial charge in [0.15, 0.2) is 28.5 Å². The summed E-state index contributed by atoms with van der Waals surface area (Å²) >= 11 is 0. The number of alkyl carbamates (subject to hydrolysis) is 1. The van der Waals surface area contributed by atoms with Gasteiger partial charge in [-0.15, -0.1) is 0 Å². The fourth-order valence-corrected chi connectivity index (χ4v) is 15.2. The van der Waals surface area contributed by atoms with Gasteiger partial charge in [-0.3, -0.25) is 0 Å². The van der Waals surface area contributed by atoms with Gasteiger partial charge in [0, 0.05) is 10.5 Å². The number of carbonyl (C=O) groups is 1. The van der Waals surface area contributed by atoms with Gasteiger partial charge in [0.25, 0.3) is 8.32 Å². The highest BCUT2D eigenvalue weighted by Crippen LogP contribution is 2.46. The maximum Gasteiger partial charge on any atom is 0.409 e. The number of aliphatic hydroxyl groups is 1. The lowest BCUT2D eigenvalue weighted by atomic mass is 9.90. The van der Waals surface area contributed by atoms with Gasteiger partial charge in [-0.1, -0.05) is 146 Å². The van der Waals surface area contributed by atoms with Gasteiger partial charge < -0.3 is 47.4 Å². The predicted octanol–water partition coefficient (Wildman–Crippen LogP) is 10.1. The number of benzene rings is 3. The van der Waals surface area contributed by atoms with Crippen LogP contribution in [0.4, 0.5) is 4.79 Å². The first kappa shape index (κ1) is 55.9. The Morgan fingerprint density at radius 1 is 0.768 bits per heavy atom. The van der Waals surface area contributed by atoms with E-state index in [1.54, 1.807) is 40.0 Å². The van der Waals surface area contributed by atoms with Crippen LogP contribution in [-0.2, 0) is 32.2 Å². The first-order valence-electron chi connectivity index (χ1n) is 23.8. The molecule has 0 radical (unpaired) electrons. The van der Waals surface area contributed by atoms with Crippen LogP contribution >= 0.6 is 0 Å². The Hall–Kier alpha value is -4.03. The maximum absolute atomic E-state index is 13.6. The smallest absolute Gasteiger partial charge is 0.409 e. The van der Waals surface area contributed by atoms with Crippen LogP contribution in [0.1, 0.15) is 94.9 Å². The molecule has 5 atom stereocenters. The number of nitrogens with zero attached hydrogens (tertiary/aromatic N) is 3. The lowest BCUT2D eigenvalue weighted by molar-refractivity contribution is -0.279. The van der Waals surface area contributed by atoms with Crippen molar-refractivity contribution in [1.29, 1.82) is 0 Å². The largest absolute Gasteiger partial charge is 0.497 e. The zero-order chi connectivity index (χ0) is 51.5. The molecule has 14 nitrogen and oxygen atoms in total. The number of ether oxygens (including phenoxy) is 5. The molecule has 0 spiro atoms. The Morgan fingerprint density at radius 2 is 1.26 bits per heavy atom. The summed E-state index contributed by atoms with van der Waals surface area (Å²) in [6.45, 7) is 32.7. The van der Waals surface area contributed by atoms with Crippen LogP contribution in [0.25, 0.3) is 10.4 Å². The lowest BCUT2D eigenvalue weighted by Crippen LogP contribution is -2.71. The number of nitrogens with one attached hydrogen (secondary N) is 1. The normalized spacial score (nSPS) is 25.1. The SMILES string of the molecule is COc1ccc(C2OCC(C#C[C@]3(O)O[C@H](CO[Si](c4ccccc4)(c4ccccc4)C(C)(C)C)[C@H](O[Si](C)(C)C(C)(C)C)[C@H](O[Si](C)(C)C(C)(C)C)[C@H]3N=[N+]=[N-])(NC(=O)OC(C)(C)C)CO2)cc1. The van der Waals surface area contributed by atoms with Gasteiger partial charge in [-0.25, -0.2) is 4.79 Å². The average Bonchev–Trinajstić information content (AvgIpc) is 3.25. The first-order chi connectivity index (χ1) is 31.8. The Morgan fingerprint density at radius 3 is 1.70 bits per heavy atom. The third kappa shape index (κ3) is 12.9. The topological polar surface area (TPSA) is 172 Å². The monoisotopic (exact) mass is 1000 g/mol. The summed E-state index contributed by atoms with van der Waals surface area (Å²) in [7, 11) is -7.15. The van der Waals surface area contributed by atoms with Gasteiger partial charge in [0.2, 0.25) is 5.79 Å². The predicted molar refractivity (Wildman–Crippen MR) is 278 cm³/mol. The van der Waals surface area contributed by atoms with E-state index in [0.29, 0.717) is 5.75 Å². The summed E-state index contributed by atoms with van der Waals surface area (Å²) < 4.78 is 52.9. The Balaban J connectivity index is 1.73. The van der Waals surface area contributed by atoms with E-state index in [0.717, 1.165) is 15.9 Å². The highest BCUT2D eigenvalue weighted by Gasteiger charge is 2.60. The minimum Gasteiger partial charge on any atom is -0.497 e. The molecule has 3 aromatic carbocycles. The Kier molecular flexibility index (Phi) is 17.0. The molecule has 17 heteroatoms. The van der Waals surface area contributed by atoms with Crippen molar-refractivity contribution in [3.63, 3.8) is 0 Å². The van der Waals surface area contributed by atoms with Crippen molar-refractivity contribution >= 4 is 41.4 Å². The maximum atomic E-state index is 13.6. The van der Waals surface area contributed by atoms with Crippen LogP contribution in [0, 0.1) is 11.8 Å². The summed E-state index contributed by atoms with van der Waals surface area (Å²) in [6.07, 6.45) is -4.61. The fraction of sp³-hybridized carbons (Fsp3) is 0.596. The molecular formula is C52H78N4O10Si3. The van der Waals surface area contributed by atoms with E-state index < -0.39 is 83.7 Å². The number of hydrogen-bond donors (Lipinski definition) is 2. The summed E-state index contributed by atoms with van der Waals surface area (Å²) in [5.74, 6) is 4.23. The van der Waals surface area contributed by atoms with E-state index in [1.807, 2.05) is 48.5 Å². The summed E-state index contributed by atoms with van der Waals surface area (Å²) in [4.78, 5) is 16.9. The molecule has 378 valence electrons. The molecule has 2 N–H and O–H groups in total. The molecular weight excluding hydrogens is 925 g/mol. The van der Waals surface area contributed by atoms with Gasteiger partial charge in [-0.05, 0) is 96.0 Å². The molecule has 2 aliphatic rings. The minimum atomic E-state index is -3.23. The van der Waals surface area contributed by atoms with Crippen molar-refractivity contribution < 1.29 is 46.9 Å². The average molecular weight is 1000 g/mol. The number of carbonyl (C=O) groups excluding carboxylic acids is 1. The van der Waals surface area contributed by atoms with E-state index in [-0.39, 0.29) is 29.9 Å². The summed E-state index contributed by atoms with van der Waals surface area (Å²) in [6, 6.07) is 26.3. The van der Waals surface area contributed by atoms with E-state index in [1.165, 1.54) is 0 Å². The molecule has 0 bridgehead atoms. The molecule has 2 fully saturated rings. The molecule has 5 rings (SSSR count). The third-order valence-corrected chi connectivity index (χ3v) is 27.8. The van der Waals surface area contributed by atoms with Gasteiger partial charge in [0.05, 0.1) is 39.1 Å². The number of hydrogen-bond acceptors (Lipinski definition) is 11. The first-order valence-corrected chi connectivity index (χ1v) is 31.5. The molecule has 2 saturated heterocycles. The van der Waals surface area contributed by atoms with Crippen LogP contribution in [0.2, 0.25) is 41.3 Å². The van der Waals surface area contributed by atoms with Crippen LogP contribution in [0.15, 0.2) is 90.0 Å². The van der Waals surface area contributed by atoms with Gasteiger partial charge >= 0.3 is 6.09 Å². The number of azide groups is 1. The van der Waals surface area contributed by atoms with Crippen molar-refractivity contribution in [2.45, 2.75) is 172 Å². The second kappa shape index (κ2) is 21.0. The quantitative estimate of drug-likeness (QED) is 0.0552. The summed E-state index contributed by atoms with van der Waals surface area (Å²) in [5, 5.41) is 21.6. The van der Waals surface area contributed by atoms with Gasteiger partial charge in [-0.2, -0.15) is 0 Å². The van der Waals surface area contributed by atoms with Crippen molar-refractivity contribution in [3.05, 3.63) is 101 Å². The van der Waals surface area contributed by atoms with E-state index >= 15 is 0 Å². The Labute approximate surface area is 414 Å². The number of rotatable bonds is 13. The van der Waals surface area contributed by atoms with Crippen LogP contribution in [0.3, 0.4) is 0 Å². The molecule has 0 aliphatic carbocycles. The molecule has 3 aromatic rings. The molecule has 2 aliphatic heterocycles. The van der Waals surface area contributed by atoms with Crippen LogP contribution in [-0.4, -0.2) is 104 Å². The highest BCUT2D eigenvalue weighted by atomic mass is 28.4. The minimum absolute atomic E-state index is 0.0615. The zero-order valence-electron chi connectivity index (χ0n) is 44.1. The number of methoxy groups -OCH3 is 1. The van der Waals surface area contributed by atoms with Crippen molar-refractivity contribution in [3.8, 4) is 17.6 Å². The second-order valence-corrected chi connectivity index (χ2v) is 37.2. The third-order valence-electron chi connectivity index (χ3n) is 13.8. The molecule has 2 heterocycles. The van der Waals surface area contributed by atoms with Crippen molar-refractivity contribution in [2.24, 2.45) is 5.11 Å². The van der Waals surface area contributed by atoms with Crippen LogP contribution < -0.4 is 20.4 Å². The number of amides is 1. The lowest BCUT2D eigenvalue weighted by Gasteiger charge is -2.54. The van der Waals surface area contributed by atoms with Crippen molar-refractivity contribution in [1.82, 2.24) is 5.32 Å². The highest BCUT2D eigenvalue weighted by molar-refractivity contribution is 6.99. The molecule has 0 aromatic heterocycles. The zero-order valence-corrected chi connectivity index (χ0v) is 47.1. The Bertz CT molecular complexity index is 2260. The molecule has 0 unspecified atom stereocenters. The fourth-order valence-electron chi connectivity index (χ4n) is 8.05. The van der Waals surface area contributed by atoms with E-state index in [4.69, 9.17) is 37.0 Å². The van der Waals surface area contributed by atoms with Gasteiger partial charge in [0.1, 0.15) is 23.5 Å². The van der Waals surface area contributed by atoms with E-state index in [9.17, 15) is 15.4 Å². The standard InChI is InChI=1S/C52H78N4O10Si3/c1-47(2,3)64-46(57)54-51(35-60-45(61-36-51)37-28-30-38(59-13)31-29-37)32-33-52(58)44(55-56-53)43(66-68(16,17)49(7,8)9)42(65-67(14,15)48(4,5)6)41(63-52)34-62-69(50(10,11)12,39-24-20-18-21-25-39)40-26-22-19-23-27-40/h18-31,41-45,58H,34-36H2,1-17H3,(H,54,57)/t41-,42+,43+,44-,45?,51?,52+/m1/s1. The van der Waals surface area contributed by atoms with Crippen molar-refractivity contribution in [2.75, 3.05) is 26.9 Å². The van der Waals surface area contributed by atoms with Crippen LogP contribution in [0.5, 0.6) is 5.75 Å². The molecule has 69 heavy (non-hydrogen) atoms. The molecule has 1 amide bonds. The second-order valence-electron chi connectivity index (χ2n) is 23.3.